The molecule has 0 bridgehead atoms. The lowest BCUT2D eigenvalue weighted by Crippen LogP contribution is -2.41. The van der Waals surface area contributed by atoms with E-state index in [-0.39, 0.29) is 18.4 Å². The lowest BCUT2D eigenvalue weighted by Gasteiger charge is -2.23. The second kappa shape index (κ2) is 13.2. The van der Waals surface area contributed by atoms with Crippen LogP contribution in [-0.2, 0) is 19.7 Å². The van der Waals surface area contributed by atoms with E-state index in [9.17, 15) is 4.79 Å². The SMILES string of the molecule is COc1cc(CN(CCN)C(=O)NCc2ccccc2)ccc1OCc1ccccc1.Cl. The van der Waals surface area contributed by atoms with Crippen LogP contribution in [0.4, 0.5) is 4.79 Å². The third kappa shape index (κ3) is 7.48. The summed E-state index contributed by atoms with van der Waals surface area (Å²) in [5.74, 6) is 1.29. The average Bonchev–Trinajstić information content (AvgIpc) is 2.82. The molecule has 0 aliphatic heterocycles. The van der Waals surface area contributed by atoms with Crippen molar-refractivity contribution in [1.29, 1.82) is 0 Å². The third-order valence-electron chi connectivity index (χ3n) is 4.81. The fraction of sp³-hybridized carbons (Fsp3) is 0.240. The number of rotatable bonds is 10. The zero-order valence-electron chi connectivity index (χ0n) is 18.2. The van der Waals surface area contributed by atoms with Gasteiger partial charge in [-0.3, -0.25) is 0 Å². The Morgan fingerprint density at radius 3 is 2.19 bits per heavy atom. The fourth-order valence-corrected chi connectivity index (χ4v) is 3.18. The molecule has 0 aliphatic rings. The number of nitrogens with zero attached hydrogens (tertiary/aromatic N) is 1. The van der Waals surface area contributed by atoms with Gasteiger partial charge in [0.05, 0.1) is 7.11 Å². The quantitative estimate of drug-likeness (QED) is 0.476. The maximum Gasteiger partial charge on any atom is 0.318 e. The van der Waals surface area contributed by atoms with Gasteiger partial charge in [0.25, 0.3) is 0 Å². The molecule has 3 rings (SSSR count). The monoisotopic (exact) mass is 455 g/mol. The summed E-state index contributed by atoms with van der Waals surface area (Å²) in [4.78, 5) is 14.4. The van der Waals surface area contributed by atoms with Gasteiger partial charge in [0.1, 0.15) is 6.61 Å². The van der Waals surface area contributed by atoms with E-state index >= 15 is 0 Å². The topological polar surface area (TPSA) is 76.8 Å². The number of amides is 2. The number of carbonyl (C=O) groups is 1. The Bertz CT molecular complexity index is 955. The highest BCUT2D eigenvalue weighted by Crippen LogP contribution is 2.29. The molecule has 3 N–H and O–H groups in total. The molecule has 0 saturated carbocycles. The summed E-state index contributed by atoms with van der Waals surface area (Å²) in [6, 6.07) is 25.3. The molecular weight excluding hydrogens is 426 g/mol. The van der Waals surface area contributed by atoms with Gasteiger partial charge in [-0.25, -0.2) is 4.79 Å². The molecule has 7 heteroatoms. The van der Waals surface area contributed by atoms with E-state index in [1.807, 2.05) is 78.9 Å². The molecule has 0 fully saturated rings. The summed E-state index contributed by atoms with van der Waals surface area (Å²) in [7, 11) is 1.61. The smallest absolute Gasteiger partial charge is 0.318 e. The fourth-order valence-electron chi connectivity index (χ4n) is 3.18. The Labute approximate surface area is 195 Å². The number of urea groups is 1. The summed E-state index contributed by atoms with van der Waals surface area (Å²) in [5.41, 5.74) is 8.80. The van der Waals surface area contributed by atoms with Crippen molar-refractivity contribution in [3.63, 3.8) is 0 Å². The van der Waals surface area contributed by atoms with Crippen LogP contribution in [0.25, 0.3) is 0 Å². The molecule has 170 valence electrons. The zero-order valence-corrected chi connectivity index (χ0v) is 19.0. The van der Waals surface area contributed by atoms with Gasteiger partial charge >= 0.3 is 6.03 Å². The maximum absolute atomic E-state index is 12.7. The summed E-state index contributed by atoms with van der Waals surface area (Å²) in [6.45, 7) is 2.19. The van der Waals surface area contributed by atoms with Crippen molar-refractivity contribution in [2.24, 2.45) is 5.73 Å². The van der Waals surface area contributed by atoms with Crippen LogP contribution in [0.5, 0.6) is 11.5 Å². The number of carbonyl (C=O) groups excluding carboxylic acids is 1. The number of nitrogens with one attached hydrogen (secondary N) is 1. The van der Waals surface area contributed by atoms with Crippen LogP contribution < -0.4 is 20.5 Å². The molecule has 3 aromatic rings. The first kappa shape index (κ1) is 25.0. The van der Waals surface area contributed by atoms with E-state index in [0.717, 1.165) is 16.7 Å². The van der Waals surface area contributed by atoms with Gasteiger partial charge in [-0.15, -0.1) is 12.4 Å². The average molecular weight is 456 g/mol. The molecule has 0 aromatic heterocycles. The predicted octanol–water partition coefficient (Wildman–Crippen LogP) is 4.37. The van der Waals surface area contributed by atoms with Gasteiger partial charge < -0.3 is 25.4 Å². The lowest BCUT2D eigenvalue weighted by atomic mass is 10.2. The van der Waals surface area contributed by atoms with Gasteiger partial charge in [0.2, 0.25) is 0 Å². The summed E-state index contributed by atoms with van der Waals surface area (Å²) in [6.07, 6.45) is 0. The molecule has 0 unspecified atom stereocenters. The molecule has 6 nitrogen and oxygen atoms in total. The van der Waals surface area contributed by atoms with Crippen molar-refractivity contribution in [3.8, 4) is 11.5 Å². The van der Waals surface area contributed by atoms with Crippen molar-refractivity contribution >= 4 is 18.4 Å². The van der Waals surface area contributed by atoms with Crippen LogP contribution in [0.3, 0.4) is 0 Å². The van der Waals surface area contributed by atoms with Crippen molar-refractivity contribution in [1.82, 2.24) is 10.2 Å². The minimum absolute atomic E-state index is 0. The molecule has 0 heterocycles. The molecule has 32 heavy (non-hydrogen) atoms. The number of benzene rings is 3. The van der Waals surface area contributed by atoms with Crippen molar-refractivity contribution in [2.45, 2.75) is 19.7 Å². The molecule has 0 atom stereocenters. The highest BCUT2D eigenvalue weighted by molar-refractivity contribution is 5.85. The normalized spacial score (nSPS) is 10.1. The van der Waals surface area contributed by atoms with Crippen LogP contribution in [0.1, 0.15) is 16.7 Å². The first-order valence-corrected chi connectivity index (χ1v) is 10.3. The minimum Gasteiger partial charge on any atom is -0.493 e. The minimum atomic E-state index is -0.155. The van der Waals surface area contributed by atoms with E-state index in [0.29, 0.717) is 44.3 Å². The summed E-state index contributed by atoms with van der Waals surface area (Å²) in [5, 5.41) is 2.96. The van der Waals surface area contributed by atoms with Crippen molar-refractivity contribution in [2.75, 3.05) is 20.2 Å². The van der Waals surface area contributed by atoms with E-state index in [4.69, 9.17) is 15.2 Å². The van der Waals surface area contributed by atoms with Crippen LogP contribution >= 0.6 is 12.4 Å². The molecule has 3 aromatic carbocycles. The number of nitrogens with two attached hydrogens (primary N) is 1. The molecule has 0 aliphatic carbocycles. The Kier molecular flexibility index (Phi) is 10.4. The van der Waals surface area contributed by atoms with Gasteiger partial charge in [-0.2, -0.15) is 0 Å². The molecular formula is C25H30ClN3O3. The highest BCUT2D eigenvalue weighted by atomic mass is 35.5. The Balaban J connectivity index is 0.00000363. The first-order chi connectivity index (χ1) is 15.2. The molecule has 0 radical (unpaired) electrons. The second-order valence-electron chi connectivity index (χ2n) is 7.11. The molecule has 2 amide bonds. The van der Waals surface area contributed by atoms with E-state index in [1.165, 1.54) is 0 Å². The Morgan fingerprint density at radius 1 is 0.906 bits per heavy atom. The predicted molar refractivity (Wildman–Crippen MR) is 129 cm³/mol. The molecule has 0 saturated heterocycles. The van der Waals surface area contributed by atoms with Crippen LogP contribution in [0.2, 0.25) is 0 Å². The zero-order chi connectivity index (χ0) is 21.9. The number of methoxy groups -OCH3 is 1. The Morgan fingerprint density at radius 2 is 1.56 bits per heavy atom. The second-order valence-corrected chi connectivity index (χ2v) is 7.11. The van der Waals surface area contributed by atoms with E-state index in [1.54, 1.807) is 12.0 Å². The number of hydrogen-bond donors (Lipinski definition) is 2. The number of halogens is 1. The van der Waals surface area contributed by atoms with Crippen molar-refractivity contribution in [3.05, 3.63) is 95.6 Å². The standard InChI is InChI=1S/C25H29N3O3.ClH/c1-30-24-16-22(12-13-23(24)31-19-21-10-6-3-7-11-21)18-28(15-14-26)25(29)27-17-20-8-4-2-5-9-20;/h2-13,16H,14-15,17-19,26H2,1H3,(H,27,29);1H. The van der Waals surface area contributed by atoms with Gasteiger partial charge in [-0.05, 0) is 28.8 Å². The van der Waals surface area contributed by atoms with Crippen molar-refractivity contribution < 1.29 is 14.3 Å². The lowest BCUT2D eigenvalue weighted by molar-refractivity contribution is 0.196. The summed E-state index contributed by atoms with van der Waals surface area (Å²) >= 11 is 0. The van der Waals surface area contributed by atoms with Crippen LogP contribution in [0.15, 0.2) is 78.9 Å². The van der Waals surface area contributed by atoms with Crippen LogP contribution in [0, 0.1) is 0 Å². The van der Waals surface area contributed by atoms with Gasteiger partial charge in [0.15, 0.2) is 11.5 Å². The van der Waals surface area contributed by atoms with E-state index < -0.39 is 0 Å². The maximum atomic E-state index is 12.7. The largest absolute Gasteiger partial charge is 0.493 e. The Hall–Kier alpha value is -3.22. The number of ether oxygens (including phenoxy) is 2. The number of hydrogen-bond acceptors (Lipinski definition) is 4. The van der Waals surface area contributed by atoms with Crippen LogP contribution in [-0.4, -0.2) is 31.1 Å². The summed E-state index contributed by atoms with van der Waals surface area (Å²) < 4.78 is 11.4. The first-order valence-electron chi connectivity index (χ1n) is 10.3. The van der Waals surface area contributed by atoms with E-state index in [2.05, 4.69) is 5.32 Å². The highest BCUT2D eigenvalue weighted by Gasteiger charge is 2.15. The third-order valence-corrected chi connectivity index (χ3v) is 4.81. The molecule has 0 spiro atoms. The van der Waals surface area contributed by atoms with Gasteiger partial charge in [-0.1, -0.05) is 66.7 Å². The van der Waals surface area contributed by atoms with Gasteiger partial charge in [0, 0.05) is 26.2 Å².